The largest absolute Gasteiger partial charge is 0.435 e. The highest BCUT2D eigenvalue weighted by molar-refractivity contribution is 5.91. The van der Waals surface area contributed by atoms with Crippen LogP contribution in [0, 0.1) is 0 Å². The van der Waals surface area contributed by atoms with E-state index in [1.54, 1.807) is 9.80 Å². The van der Waals surface area contributed by atoms with Gasteiger partial charge in [0.25, 0.3) is 5.91 Å². The van der Waals surface area contributed by atoms with Crippen molar-refractivity contribution in [1.82, 2.24) is 14.8 Å². The summed E-state index contributed by atoms with van der Waals surface area (Å²) in [6, 6.07) is 0. The van der Waals surface area contributed by atoms with Crippen LogP contribution in [0.3, 0.4) is 0 Å². The molecule has 1 aromatic rings. The first-order valence-electron chi connectivity index (χ1n) is 5.88. The summed E-state index contributed by atoms with van der Waals surface area (Å²) >= 11 is 0. The van der Waals surface area contributed by atoms with E-state index in [2.05, 4.69) is 4.98 Å². The van der Waals surface area contributed by atoms with Crippen LogP contribution in [0.5, 0.6) is 0 Å². The van der Waals surface area contributed by atoms with Gasteiger partial charge in [-0.1, -0.05) is 0 Å². The lowest BCUT2D eigenvalue weighted by Gasteiger charge is -2.31. The van der Waals surface area contributed by atoms with Gasteiger partial charge >= 0.3 is 0 Å². The van der Waals surface area contributed by atoms with Gasteiger partial charge in [-0.2, -0.15) is 0 Å². The van der Waals surface area contributed by atoms with Gasteiger partial charge in [-0.05, 0) is 0 Å². The summed E-state index contributed by atoms with van der Waals surface area (Å²) in [5.41, 5.74) is 5.39. The Labute approximate surface area is 105 Å². The molecule has 2 N–H and O–H groups in total. The van der Waals surface area contributed by atoms with Crippen LogP contribution in [0.4, 0.5) is 0 Å². The SMILES string of the molecule is NCCc1ncc(C(=O)N2CCN(C=O)CC2)o1. The summed E-state index contributed by atoms with van der Waals surface area (Å²) in [5.74, 6) is 0.529. The molecule has 1 fully saturated rings. The second kappa shape index (κ2) is 5.63. The first-order chi connectivity index (χ1) is 8.74. The quantitative estimate of drug-likeness (QED) is 0.700. The van der Waals surface area contributed by atoms with Crippen LogP contribution in [-0.4, -0.2) is 59.8 Å². The van der Waals surface area contributed by atoms with Crippen molar-refractivity contribution in [1.29, 1.82) is 0 Å². The van der Waals surface area contributed by atoms with E-state index < -0.39 is 0 Å². The van der Waals surface area contributed by atoms with E-state index in [-0.39, 0.29) is 11.7 Å². The van der Waals surface area contributed by atoms with E-state index in [9.17, 15) is 9.59 Å². The van der Waals surface area contributed by atoms with Gasteiger partial charge < -0.3 is 20.0 Å². The zero-order chi connectivity index (χ0) is 13.0. The Morgan fingerprint density at radius 2 is 2.17 bits per heavy atom. The molecule has 18 heavy (non-hydrogen) atoms. The van der Waals surface area contributed by atoms with Crippen LogP contribution in [0.15, 0.2) is 10.6 Å². The van der Waals surface area contributed by atoms with Gasteiger partial charge in [0.2, 0.25) is 12.2 Å². The summed E-state index contributed by atoms with van der Waals surface area (Å²) in [4.78, 5) is 29.9. The van der Waals surface area contributed by atoms with Gasteiger partial charge in [0.05, 0.1) is 6.20 Å². The number of rotatable bonds is 4. The Hall–Kier alpha value is -1.89. The molecule has 2 heterocycles. The van der Waals surface area contributed by atoms with Crippen LogP contribution in [0.25, 0.3) is 0 Å². The van der Waals surface area contributed by atoms with E-state index in [1.165, 1.54) is 6.20 Å². The van der Waals surface area contributed by atoms with Crippen molar-refractivity contribution in [3.05, 3.63) is 17.8 Å². The van der Waals surface area contributed by atoms with Crippen molar-refractivity contribution in [3.63, 3.8) is 0 Å². The number of nitrogens with two attached hydrogens (primary N) is 1. The summed E-state index contributed by atoms with van der Waals surface area (Å²) in [5, 5.41) is 0. The maximum Gasteiger partial charge on any atom is 0.291 e. The molecule has 0 unspecified atom stereocenters. The fraction of sp³-hybridized carbons (Fsp3) is 0.545. The molecule has 98 valence electrons. The van der Waals surface area contributed by atoms with Crippen molar-refractivity contribution in [2.24, 2.45) is 5.73 Å². The second-order valence-electron chi connectivity index (χ2n) is 4.09. The summed E-state index contributed by atoms with van der Waals surface area (Å²) in [6.07, 6.45) is 2.75. The van der Waals surface area contributed by atoms with Crippen molar-refractivity contribution in [3.8, 4) is 0 Å². The molecule has 7 nitrogen and oxygen atoms in total. The van der Waals surface area contributed by atoms with E-state index in [4.69, 9.17) is 10.2 Å². The standard InChI is InChI=1S/C11H16N4O3/c12-2-1-10-13-7-9(18-10)11(17)15-5-3-14(8-16)4-6-15/h7-8H,1-6,12H2. The molecule has 0 bridgehead atoms. The van der Waals surface area contributed by atoms with Crippen molar-refractivity contribution in [2.75, 3.05) is 32.7 Å². The molecule has 0 saturated carbocycles. The molecule has 2 rings (SSSR count). The van der Waals surface area contributed by atoms with Crippen LogP contribution in [0.2, 0.25) is 0 Å². The predicted molar refractivity (Wildman–Crippen MR) is 62.8 cm³/mol. The average molecular weight is 252 g/mol. The highest BCUT2D eigenvalue weighted by atomic mass is 16.4. The second-order valence-corrected chi connectivity index (χ2v) is 4.09. The molecule has 0 spiro atoms. The minimum absolute atomic E-state index is 0.184. The van der Waals surface area contributed by atoms with E-state index in [0.717, 1.165) is 6.41 Å². The number of nitrogens with zero attached hydrogens (tertiary/aromatic N) is 3. The normalized spacial score (nSPS) is 15.8. The molecule has 7 heteroatoms. The van der Waals surface area contributed by atoms with Gasteiger partial charge in [0.1, 0.15) is 0 Å². The van der Waals surface area contributed by atoms with Gasteiger partial charge in [0.15, 0.2) is 5.89 Å². The smallest absolute Gasteiger partial charge is 0.291 e. The number of carbonyl (C=O) groups is 2. The average Bonchev–Trinajstić information content (AvgIpc) is 2.87. The molecule has 1 aromatic heterocycles. The third-order valence-electron chi connectivity index (χ3n) is 2.87. The lowest BCUT2D eigenvalue weighted by molar-refractivity contribution is -0.119. The number of amides is 2. The van der Waals surface area contributed by atoms with Crippen LogP contribution in [-0.2, 0) is 11.2 Å². The van der Waals surface area contributed by atoms with E-state index >= 15 is 0 Å². The lowest BCUT2D eigenvalue weighted by atomic mass is 10.3. The van der Waals surface area contributed by atoms with Crippen LogP contribution >= 0.6 is 0 Å². The molecule has 0 atom stereocenters. The summed E-state index contributed by atoms with van der Waals surface area (Å²) in [7, 11) is 0. The van der Waals surface area contributed by atoms with E-state index in [1.807, 2.05) is 0 Å². The topological polar surface area (TPSA) is 92.7 Å². The number of oxazole rings is 1. The molecule has 2 amide bonds. The first-order valence-corrected chi connectivity index (χ1v) is 5.88. The first kappa shape index (κ1) is 12.6. The monoisotopic (exact) mass is 252 g/mol. The molecule has 1 saturated heterocycles. The van der Waals surface area contributed by atoms with Crippen LogP contribution < -0.4 is 5.73 Å². The summed E-state index contributed by atoms with van der Waals surface area (Å²) in [6.45, 7) is 2.58. The van der Waals surface area contributed by atoms with Gasteiger partial charge in [-0.25, -0.2) is 4.98 Å². The van der Waals surface area contributed by atoms with E-state index in [0.29, 0.717) is 45.0 Å². The molecular weight excluding hydrogens is 236 g/mol. The third-order valence-corrected chi connectivity index (χ3v) is 2.87. The Morgan fingerprint density at radius 1 is 1.44 bits per heavy atom. The maximum absolute atomic E-state index is 12.1. The highest BCUT2D eigenvalue weighted by Gasteiger charge is 2.23. The fourth-order valence-electron chi connectivity index (χ4n) is 1.83. The van der Waals surface area contributed by atoms with Gasteiger partial charge in [-0.3, -0.25) is 9.59 Å². The predicted octanol–water partition coefficient (Wildman–Crippen LogP) is -0.910. The molecule has 1 aliphatic rings. The number of aromatic nitrogens is 1. The molecule has 0 radical (unpaired) electrons. The Bertz CT molecular complexity index is 424. The number of hydrogen-bond acceptors (Lipinski definition) is 5. The lowest BCUT2D eigenvalue weighted by Crippen LogP contribution is -2.48. The minimum atomic E-state index is -0.184. The Kier molecular flexibility index (Phi) is 3.93. The maximum atomic E-state index is 12.1. The zero-order valence-electron chi connectivity index (χ0n) is 10.0. The van der Waals surface area contributed by atoms with Gasteiger partial charge in [0, 0.05) is 39.1 Å². The van der Waals surface area contributed by atoms with Gasteiger partial charge in [-0.15, -0.1) is 0 Å². The molecule has 1 aliphatic heterocycles. The Balaban J connectivity index is 1.96. The number of carbonyl (C=O) groups excluding carboxylic acids is 2. The minimum Gasteiger partial charge on any atom is -0.435 e. The third kappa shape index (κ3) is 2.67. The Morgan fingerprint density at radius 3 is 2.78 bits per heavy atom. The number of hydrogen-bond donors (Lipinski definition) is 1. The molecule has 0 aromatic carbocycles. The van der Waals surface area contributed by atoms with Crippen molar-refractivity contribution < 1.29 is 14.0 Å². The van der Waals surface area contributed by atoms with Crippen molar-refractivity contribution in [2.45, 2.75) is 6.42 Å². The molecular formula is C11H16N4O3. The summed E-state index contributed by atoms with van der Waals surface area (Å²) < 4.78 is 5.33. The number of piperazine rings is 1. The fourth-order valence-corrected chi connectivity index (χ4v) is 1.83. The van der Waals surface area contributed by atoms with Crippen molar-refractivity contribution >= 4 is 12.3 Å². The molecule has 0 aliphatic carbocycles. The zero-order valence-corrected chi connectivity index (χ0v) is 10.0. The highest BCUT2D eigenvalue weighted by Crippen LogP contribution is 2.10. The van der Waals surface area contributed by atoms with Crippen LogP contribution in [0.1, 0.15) is 16.4 Å².